The van der Waals surface area contributed by atoms with Crippen molar-refractivity contribution in [2.75, 3.05) is 32.6 Å². The van der Waals surface area contributed by atoms with Crippen LogP contribution >= 0.6 is 0 Å². The third-order valence-corrected chi connectivity index (χ3v) is 6.52. The molecule has 0 saturated carbocycles. The average Bonchev–Trinajstić information content (AvgIpc) is 2.67. The van der Waals surface area contributed by atoms with E-state index in [9.17, 15) is 13.5 Å². The van der Waals surface area contributed by atoms with Gasteiger partial charge in [-0.25, -0.2) is 8.42 Å². The van der Waals surface area contributed by atoms with Crippen LogP contribution in [0.15, 0.2) is 71.6 Å². The van der Waals surface area contributed by atoms with Gasteiger partial charge in [0.05, 0.1) is 11.0 Å². The van der Waals surface area contributed by atoms with Gasteiger partial charge in [0.25, 0.3) is 0 Å². The molecule has 0 saturated heterocycles. The van der Waals surface area contributed by atoms with Crippen LogP contribution in [0.4, 0.5) is 5.69 Å². The van der Waals surface area contributed by atoms with Crippen molar-refractivity contribution >= 4 is 26.5 Å². The lowest BCUT2D eigenvalue weighted by molar-refractivity contribution is 0.155. The minimum absolute atomic E-state index is 0.0178. The van der Waals surface area contributed by atoms with Gasteiger partial charge in [0.15, 0.2) is 0 Å². The number of fused-ring (bicyclic) bond motifs is 1. The van der Waals surface area contributed by atoms with Crippen LogP contribution < -0.4 is 4.90 Å². The summed E-state index contributed by atoms with van der Waals surface area (Å²) >= 11 is 0. The Morgan fingerprint density at radius 2 is 1.48 bits per heavy atom. The fourth-order valence-corrected chi connectivity index (χ4v) is 4.55. The lowest BCUT2D eigenvalue weighted by Gasteiger charge is -2.22. The Morgan fingerprint density at radius 1 is 0.852 bits per heavy atom. The summed E-state index contributed by atoms with van der Waals surface area (Å²) in [6.45, 7) is -0.0178. The second-order valence-electron chi connectivity index (χ2n) is 6.73. The van der Waals surface area contributed by atoms with Crippen LogP contribution in [0.25, 0.3) is 10.8 Å². The standard InChI is InChI=1S/C21H24N2O3S/c1-22(2)19-13-7-12-18-17(19)11-8-14-21(18)27(25,26)23(3)15-20(24)16-9-5-4-6-10-16/h4-14,20,24H,15H2,1-3H3. The first-order chi connectivity index (χ1) is 12.8. The molecule has 3 aromatic carbocycles. The van der Waals surface area contributed by atoms with Crippen molar-refractivity contribution in [3.05, 3.63) is 72.3 Å². The van der Waals surface area contributed by atoms with E-state index in [4.69, 9.17) is 0 Å². The van der Waals surface area contributed by atoms with Gasteiger partial charge in [-0.1, -0.05) is 54.6 Å². The van der Waals surface area contributed by atoms with Crippen molar-refractivity contribution in [1.82, 2.24) is 4.31 Å². The van der Waals surface area contributed by atoms with E-state index in [2.05, 4.69) is 0 Å². The van der Waals surface area contributed by atoms with Gasteiger partial charge in [-0.15, -0.1) is 0 Å². The third-order valence-electron chi connectivity index (χ3n) is 4.64. The summed E-state index contributed by atoms with van der Waals surface area (Å²) in [7, 11) is 1.60. The number of nitrogens with zero attached hydrogens (tertiary/aromatic N) is 2. The van der Waals surface area contributed by atoms with Crippen molar-refractivity contribution in [2.45, 2.75) is 11.0 Å². The maximum Gasteiger partial charge on any atom is 0.243 e. The number of hydrogen-bond acceptors (Lipinski definition) is 4. The Hall–Kier alpha value is -2.41. The number of hydrogen-bond donors (Lipinski definition) is 1. The van der Waals surface area contributed by atoms with Gasteiger partial charge in [0, 0.05) is 44.1 Å². The number of rotatable bonds is 6. The van der Waals surface area contributed by atoms with E-state index >= 15 is 0 Å². The molecule has 0 radical (unpaired) electrons. The average molecular weight is 385 g/mol. The highest BCUT2D eigenvalue weighted by Crippen LogP contribution is 2.31. The molecule has 27 heavy (non-hydrogen) atoms. The fraction of sp³-hybridized carbons (Fsp3) is 0.238. The van der Waals surface area contributed by atoms with Crippen molar-refractivity contribution in [3.8, 4) is 0 Å². The van der Waals surface area contributed by atoms with Crippen LogP contribution in [0, 0.1) is 0 Å². The number of anilines is 1. The molecule has 1 unspecified atom stereocenters. The van der Waals surface area contributed by atoms with Crippen LogP contribution in [0.5, 0.6) is 0 Å². The molecule has 0 bridgehead atoms. The molecule has 0 aliphatic rings. The minimum Gasteiger partial charge on any atom is -0.387 e. The normalized spacial score (nSPS) is 13.1. The highest BCUT2D eigenvalue weighted by molar-refractivity contribution is 7.89. The topological polar surface area (TPSA) is 60.9 Å². The first-order valence-electron chi connectivity index (χ1n) is 8.71. The monoisotopic (exact) mass is 384 g/mol. The van der Waals surface area contributed by atoms with Gasteiger partial charge in [-0.2, -0.15) is 4.31 Å². The Balaban J connectivity index is 1.98. The number of sulfonamides is 1. The van der Waals surface area contributed by atoms with Crippen molar-refractivity contribution in [1.29, 1.82) is 0 Å². The second-order valence-corrected chi connectivity index (χ2v) is 8.75. The Labute approximate surface area is 160 Å². The predicted octanol–water partition coefficient (Wildman–Crippen LogP) is 3.26. The van der Waals surface area contributed by atoms with Crippen LogP contribution in [-0.4, -0.2) is 45.5 Å². The number of benzene rings is 3. The van der Waals surface area contributed by atoms with Crippen molar-refractivity contribution in [2.24, 2.45) is 0 Å². The van der Waals surface area contributed by atoms with Crippen molar-refractivity contribution in [3.63, 3.8) is 0 Å². The van der Waals surface area contributed by atoms with Crippen LogP contribution in [0.2, 0.25) is 0 Å². The summed E-state index contributed by atoms with van der Waals surface area (Å²) in [5.74, 6) is 0. The molecule has 0 heterocycles. The molecule has 0 aliphatic heterocycles. The number of likely N-dealkylation sites (N-methyl/N-ethyl adjacent to an activating group) is 1. The molecule has 0 amide bonds. The molecule has 3 aromatic rings. The second kappa shape index (κ2) is 7.68. The summed E-state index contributed by atoms with van der Waals surface area (Å²) in [5.41, 5.74) is 1.64. The molecule has 6 heteroatoms. The quantitative estimate of drug-likeness (QED) is 0.709. The maximum absolute atomic E-state index is 13.2. The van der Waals surface area contributed by atoms with E-state index in [1.54, 1.807) is 24.3 Å². The molecule has 1 atom stereocenters. The molecule has 0 fully saturated rings. The van der Waals surface area contributed by atoms with Gasteiger partial charge in [-0.05, 0) is 17.7 Å². The van der Waals surface area contributed by atoms with E-state index < -0.39 is 16.1 Å². The molecule has 1 N–H and O–H groups in total. The van der Waals surface area contributed by atoms with Gasteiger partial charge < -0.3 is 10.0 Å². The van der Waals surface area contributed by atoms with Crippen LogP contribution in [-0.2, 0) is 10.0 Å². The smallest absolute Gasteiger partial charge is 0.243 e. The largest absolute Gasteiger partial charge is 0.387 e. The minimum atomic E-state index is -3.76. The summed E-state index contributed by atoms with van der Waals surface area (Å²) < 4.78 is 27.6. The van der Waals surface area contributed by atoms with Crippen LogP contribution in [0.1, 0.15) is 11.7 Å². The maximum atomic E-state index is 13.2. The van der Waals surface area contributed by atoms with Gasteiger partial charge in [0.1, 0.15) is 0 Å². The van der Waals surface area contributed by atoms with E-state index in [0.717, 1.165) is 11.1 Å². The molecular formula is C21H24N2O3S. The Morgan fingerprint density at radius 3 is 2.15 bits per heavy atom. The predicted molar refractivity (Wildman–Crippen MR) is 109 cm³/mol. The van der Waals surface area contributed by atoms with E-state index in [1.165, 1.54) is 11.4 Å². The van der Waals surface area contributed by atoms with Crippen LogP contribution in [0.3, 0.4) is 0 Å². The van der Waals surface area contributed by atoms with Gasteiger partial charge in [-0.3, -0.25) is 0 Å². The van der Waals surface area contributed by atoms with E-state index in [1.807, 2.05) is 61.5 Å². The lowest BCUT2D eigenvalue weighted by atomic mass is 10.1. The number of aliphatic hydroxyl groups is 1. The highest BCUT2D eigenvalue weighted by atomic mass is 32.2. The Bertz CT molecular complexity index is 1030. The molecule has 0 spiro atoms. The highest BCUT2D eigenvalue weighted by Gasteiger charge is 2.25. The van der Waals surface area contributed by atoms with E-state index in [-0.39, 0.29) is 11.4 Å². The summed E-state index contributed by atoms with van der Waals surface area (Å²) in [4.78, 5) is 2.20. The molecule has 0 aromatic heterocycles. The van der Waals surface area contributed by atoms with E-state index in [0.29, 0.717) is 10.9 Å². The molecule has 142 valence electrons. The summed E-state index contributed by atoms with van der Waals surface area (Å²) in [5, 5.41) is 12.0. The number of aliphatic hydroxyl groups excluding tert-OH is 1. The third kappa shape index (κ3) is 3.83. The first-order valence-corrected chi connectivity index (χ1v) is 10.1. The summed E-state index contributed by atoms with van der Waals surface area (Å²) in [6.07, 6.45) is -0.890. The zero-order valence-corrected chi connectivity index (χ0v) is 16.5. The zero-order valence-electron chi connectivity index (χ0n) is 15.7. The molecule has 3 rings (SSSR count). The molecule has 0 aliphatic carbocycles. The lowest BCUT2D eigenvalue weighted by Crippen LogP contribution is -2.31. The SMILES string of the molecule is CN(C)c1cccc2c(S(=O)(=O)N(C)CC(O)c3ccccc3)cccc12. The molecule has 5 nitrogen and oxygen atoms in total. The van der Waals surface area contributed by atoms with Crippen molar-refractivity contribution < 1.29 is 13.5 Å². The fourth-order valence-electron chi connectivity index (χ4n) is 3.17. The van der Waals surface area contributed by atoms with Gasteiger partial charge >= 0.3 is 0 Å². The van der Waals surface area contributed by atoms with Gasteiger partial charge in [0.2, 0.25) is 10.0 Å². The first kappa shape index (κ1) is 19.4. The zero-order chi connectivity index (χ0) is 19.6. The summed E-state index contributed by atoms with van der Waals surface area (Å²) in [6, 6.07) is 20.0. The molecular weight excluding hydrogens is 360 g/mol. The Kier molecular flexibility index (Phi) is 5.51.